The van der Waals surface area contributed by atoms with Crippen LogP contribution in [0.3, 0.4) is 0 Å². The van der Waals surface area contributed by atoms with Gasteiger partial charge in [-0.05, 0) is 51.2 Å². The van der Waals surface area contributed by atoms with Gasteiger partial charge in [0.2, 0.25) is 0 Å². The van der Waals surface area contributed by atoms with Crippen molar-refractivity contribution in [3.05, 3.63) is 24.3 Å². The van der Waals surface area contributed by atoms with Crippen molar-refractivity contribution < 1.29 is 4.74 Å². The summed E-state index contributed by atoms with van der Waals surface area (Å²) in [5, 5.41) is 3.62. The van der Waals surface area contributed by atoms with Gasteiger partial charge in [-0.2, -0.15) is 0 Å². The molecule has 0 aliphatic rings. The molecule has 0 unspecified atom stereocenters. The molecule has 1 N–H and O–H groups in total. The number of rotatable bonds is 10. The maximum absolute atomic E-state index is 5.70. The van der Waals surface area contributed by atoms with E-state index in [-0.39, 0.29) is 0 Å². The predicted octanol–water partition coefficient (Wildman–Crippen LogP) is 4.01. The smallest absolute Gasteiger partial charge is 0.119 e. The molecule has 0 atom stereocenters. The fourth-order valence-electron chi connectivity index (χ4n) is 2.21. The molecule has 0 amide bonds. The Labute approximate surface area is 124 Å². The van der Waals surface area contributed by atoms with Crippen LogP contribution in [0.25, 0.3) is 0 Å². The number of nitrogens with zero attached hydrogens (tertiary/aromatic N) is 1. The van der Waals surface area contributed by atoms with Crippen molar-refractivity contribution in [3.63, 3.8) is 0 Å². The van der Waals surface area contributed by atoms with Crippen molar-refractivity contribution >= 4 is 5.69 Å². The van der Waals surface area contributed by atoms with Gasteiger partial charge in [-0.3, -0.25) is 0 Å². The van der Waals surface area contributed by atoms with Crippen LogP contribution in [-0.2, 0) is 0 Å². The minimum Gasteiger partial charge on any atom is -0.492 e. The molecule has 0 saturated heterocycles. The molecular formula is C17H30N2O. The molecule has 0 saturated carbocycles. The largest absolute Gasteiger partial charge is 0.492 e. The lowest BCUT2D eigenvalue weighted by Gasteiger charge is -2.19. The third-order valence-electron chi connectivity index (χ3n) is 3.31. The van der Waals surface area contributed by atoms with Gasteiger partial charge >= 0.3 is 0 Å². The maximum Gasteiger partial charge on any atom is 0.119 e. The summed E-state index contributed by atoms with van der Waals surface area (Å²) in [7, 11) is 4.11. The van der Waals surface area contributed by atoms with E-state index in [1.54, 1.807) is 0 Å². The predicted molar refractivity (Wildman–Crippen MR) is 87.7 cm³/mol. The first-order valence-corrected chi connectivity index (χ1v) is 7.79. The highest BCUT2D eigenvalue weighted by atomic mass is 16.5. The van der Waals surface area contributed by atoms with Gasteiger partial charge in [-0.1, -0.05) is 26.7 Å². The summed E-state index contributed by atoms with van der Waals surface area (Å²) in [6.07, 6.45) is 4.91. The highest BCUT2D eigenvalue weighted by Crippen LogP contribution is 2.18. The summed E-state index contributed by atoms with van der Waals surface area (Å²) >= 11 is 0. The van der Waals surface area contributed by atoms with E-state index in [9.17, 15) is 0 Å². The molecule has 1 aromatic rings. The van der Waals surface area contributed by atoms with E-state index in [2.05, 4.69) is 50.3 Å². The molecule has 0 bridgehead atoms. The zero-order valence-corrected chi connectivity index (χ0v) is 13.5. The third-order valence-corrected chi connectivity index (χ3v) is 3.31. The summed E-state index contributed by atoms with van der Waals surface area (Å²) in [5.41, 5.74) is 1.19. The van der Waals surface area contributed by atoms with Gasteiger partial charge in [-0.25, -0.2) is 0 Å². The van der Waals surface area contributed by atoms with Crippen LogP contribution >= 0.6 is 0 Å². The first-order chi connectivity index (χ1) is 9.65. The van der Waals surface area contributed by atoms with Crippen molar-refractivity contribution in [3.8, 4) is 5.75 Å². The molecule has 1 aromatic carbocycles. The van der Waals surface area contributed by atoms with E-state index in [1.807, 2.05) is 12.1 Å². The number of hydrogen-bond donors (Lipinski definition) is 1. The lowest BCUT2D eigenvalue weighted by molar-refractivity contribution is 0.261. The number of ether oxygens (including phenoxy) is 1. The molecule has 0 aliphatic carbocycles. The third kappa shape index (κ3) is 6.80. The van der Waals surface area contributed by atoms with E-state index in [0.717, 1.165) is 18.9 Å². The van der Waals surface area contributed by atoms with Gasteiger partial charge in [0.15, 0.2) is 0 Å². The lowest BCUT2D eigenvalue weighted by Crippen LogP contribution is -2.19. The van der Waals surface area contributed by atoms with Crippen molar-refractivity contribution in [1.29, 1.82) is 0 Å². The Morgan fingerprint density at radius 1 is 1.05 bits per heavy atom. The topological polar surface area (TPSA) is 24.5 Å². The van der Waals surface area contributed by atoms with Gasteiger partial charge in [0.1, 0.15) is 12.4 Å². The molecule has 0 heterocycles. The number of nitrogens with one attached hydrogen (secondary N) is 1. The summed E-state index contributed by atoms with van der Waals surface area (Å²) in [5.74, 6) is 0.944. The Hall–Kier alpha value is -1.22. The second-order valence-electron chi connectivity index (χ2n) is 5.59. The summed E-state index contributed by atoms with van der Waals surface area (Å²) in [4.78, 5) is 2.12. The minimum atomic E-state index is 0.588. The Morgan fingerprint density at radius 3 is 2.15 bits per heavy atom. The van der Waals surface area contributed by atoms with E-state index >= 15 is 0 Å². The number of likely N-dealkylation sites (N-methyl/N-ethyl adjacent to an activating group) is 1. The van der Waals surface area contributed by atoms with Gasteiger partial charge in [0, 0.05) is 18.3 Å². The molecule has 0 aromatic heterocycles. The Balaban J connectivity index is 2.44. The molecule has 20 heavy (non-hydrogen) atoms. The molecule has 0 aliphatic heterocycles. The van der Waals surface area contributed by atoms with Crippen LogP contribution in [-0.4, -0.2) is 38.2 Å². The second-order valence-corrected chi connectivity index (χ2v) is 5.59. The SMILES string of the molecule is CCCC(CCC)Nc1ccc(OCCN(C)C)cc1. The lowest BCUT2D eigenvalue weighted by atomic mass is 10.1. The van der Waals surface area contributed by atoms with Gasteiger partial charge in [0.05, 0.1) is 0 Å². The van der Waals surface area contributed by atoms with Crippen LogP contribution in [0.4, 0.5) is 5.69 Å². The fourth-order valence-corrected chi connectivity index (χ4v) is 2.21. The molecular weight excluding hydrogens is 248 g/mol. The summed E-state index contributed by atoms with van der Waals surface area (Å²) in [6, 6.07) is 8.91. The van der Waals surface area contributed by atoms with Crippen LogP contribution < -0.4 is 10.1 Å². The van der Waals surface area contributed by atoms with Crippen LogP contribution in [0.1, 0.15) is 39.5 Å². The van der Waals surface area contributed by atoms with Crippen LogP contribution in [0.15, 0.2) is 24.3 Å². The van der Waals surface area contributed by atoms with Crippen molar-refractivity contribution in [1.82, 2.24) is 4.90 Å². The average Bonchev–Trinajstić information content (AvgIpc) is 2.41. The van der Waals surface area contributed by atoms with E-state index in [1.165, 1.54) is 31.4 Å². The van der Waals surface area contributed by atoms with Crippen molar-refractivity contribution in [2.75, 3.05) is 32.6 Å². The Bertz CT molecular complexity index is 343. The normalized spacial score (nSPS) is 11.1. The zero-order chi connectivity index (χ0) is 14.8. The second kappa shape index (κ2) is 9.65. The first-order valence-electron chi connectivity index (χ1n) is 7.79. The highest BCUT2D eigenvalue weighted by molar-refractivity contribution is 5.47. The molecule has 3 heteroatoms. The van der Waals surface area contributed by atoms with Crippen molar-refractivity contribution in [2.24, 2.45) is 0 Å². The van der Waals surface area contributed by atoms with Gasteiger partial charge in [-0.15, -0.1) is 0 Å². The van der Waals surface area contributed by atoms with Crippen LogP contribution in [0.2, 0.25) is 0 Å². The Kier molecular flexibility index (Phi) is 8.12. The van der Waals surface area contributed by atoms with E-state index in [4.69, 9.17) is 4.74 Å². The first kappa shape index (κ1) is 16.8. The fraction of sp³-hybridized carbons (Fsp3) is 0.647. The highest BCUT2D eigenvalue weighted by Gasteiger charge is 2.06. The average molecular weight is 278 g/mol. The quantitative estimate of drug-likeness (QED) is 0.700. The van der Waals surface area contributed by atoms with Gasteiger partial charge in [0.25, 0.3) is 0 Å². The molecule has 0 fully saturated rings. The van der Waals surface area contributed by atoms with Gasteiger partial charge < -0.3 is 15.0 Å². The molecule has 114 valence electrons. The molecule has 3 nitrogen and oxygen atoms in total. The minimum absolute atomic E-state index is 0.588. The maximum atomic E-state index is 5.70. The standard InChI is InChI=1S/C17H30N2O/c1-5-7-15(8-6-2)18-16-9-11-17(12-10-16)20-14-13-19(3)4/h9-12,15,18H,5-8,13-14H2,1-4H3. The van der Waals surface area contributed by atoms with E-state index in [0.29, 0.717) is 6.04 Å². The van der Waals surface area contributed by atoms with Crippen LogP contribution in [0.5, 0.6) is 5.75 Å². The summed E-state index contributed by atoms with van der Waals surface area (Å²) in [6.45, 7) is 6.15. The molecule has 0 radical (unpaired) electrons. The molecule has 0 spiro atoms. The monoisotopic (exact) mass is 278 g/mol. The van der Waals surface area contributed by atoms with Crippen molar-refractivity contribution in [2.45, 2.75) is 45.6 Å². The number of anilines is 1. The van der Waals surface area contributed by atoms with E-state index < -0.39 is 0 Å². The molecule has 1 rings (SSSR count). The number of hydrogen-bond acceptors (Lipinski definition) is 3. The zero-order valence-electron chi connectivity index (χ0n) is 13.5. The number of benzene rings is 1. The van der Waals surface area contributed by atoms with Crippen LogP contribution in [0, 0.1) is 0 Å². The Morgan fingerprint density at radius 2 is 1.65 bits per heavy atom. The summed E-state index contributed by atoms with van der Waals surface area (Å²) < 4.78 is 5.70.